The van der Waals surface area contributed by atoms with Crippen LogP contribution in [0.15, 0.2) is 41.4 Å². The third-order valence-electron chi connectivity index (χ3n) is 3.04. The Morgan fingerprint density at radius 3 is 3.10 bits per heavy atom. The zero-order valence-electron chi connectivity index (χ0n) is 10.7. The molecule has 3 aromatic heterocycles. The average Bonchev–Trinajstić information content (AvgIpc) is 3.19. The van der Waals surface area contributed by atoms with Crippen molar-refractivity contribution >= 4 is 17.2 Å². The molecule has 0 spiro atoms. The number of aromatic amines is 2. The number of nitrogens with zero attached hydrogens (tertiary/aromatic N) is 1. The van der Waals surface area contributed by atoms with Crippen molar-refractivity contribution in [3.8, 4) is 11.3 Å². The van der Waals surface area contributed by atoms with Crippen LogP contribution in [0.2, 0.25) is 0 Å². The van der Waals surface area contributed by atoms with Crippen LogP contribution in [0.5, 0.6) is 0 Å². The lowest BCUT2D eigenvalue weighted by Crippen LogP contribution is -2.25. The number of aromatic nitrogens is 3. The van der Waals surface area contributed by atoms with E-state index in [4.69, 9.17) is 0 Å². The Morgan fingerprint density at radius 1 is 1.40 bits per heavy atom. The minimum atomic E-state index is -0.105. The SMILES string of the molecule is O=C(NCCc1ccc[nH]1)c1cn[nH]c1-c1ccsc1. The highest BCUT2D eigenvalue weighted by Crippen LogP contribution is 2.23. The third-order valence-corrected chi connectivity index (χ3v) is 3.72. The first-order chi connectivity index (χ1) is 9.84. The molecule has 3 heterocycles. The molecule has 0 atom stereocenters. The highest BCUT2D eigenvalue weighted by atomic mass is 32.1. The van der Waals surface area contributed by atoms with Gasteiger partial charge in [-0.1, -0.05) is 0 Å². The molecule has 1 amide bonds. The fourth-order valence-electron chi connectivity index (χ4n) is 2.01. The van der Waals surface area contributed by atoms with Gasteiger partial charge in [0, 0.05) is 35.8 Å². The van der Waals surface area contributed by atoms with Crippen LogP contribution in [0.25, 0.3) is 11.3 Å². The molecule has 20 heavy (non-hydrogen) atoms. The first kappa shape index (κ1) is 12.7. The second kappa shape index (κ2) is 5.75. The second-order valence-electron chi connectivity index (χ2n) is 4.37. The summed E-state index contributed by atoms with van der Waals surface area (Å²) in [4.78, 5) is 15.3. The quantitative estimate of drug-likeness (QED) is 0.674. The van der Waals surface area contributed by atoms with Crippen molar-refractivity contribution in [2.75, 3.05) is 6.54 Å². The summed E-state index contributed by atoms with van der Waals surface area (Å²) in [5.74, 6) is -0.105. The minimum Gasteiger partial charge on any atom is -0.365 e. The van der Waals surface area contributed by atoms with Crippen LogP contribution in [-0.2, 0) is 6.42 Å². The molecule has 0 saturated heterocycles. The standard InChI is InChI=1S/C14H14N4OS/c19-14(16-6-3-11-2-1-5-15-11)12-8-17-18-13(12)10-4-7-20-9-10/h1-2,4-5,7-9,15H,3,6H2,(H,16,19)(H,17,18). The lowest BCUT2D eigenvalue weighted by atomic mass is 10.1. The first-order valence-corrected chi connectivity index (χ1v) is 7.25. The minimum absolute atomic E-state index is 0.105. The van der Waals surface area contributed by atoms with Gasteiger partial charge in [-0.2, -0.15) is 16.4 Å². The van der Waals surface area contributed by atoms with E-state index in [9.17, 15) is 4.79 Å². The monoisotopic (exact) mass is 286 g/mol. The molecule has 0 aliphatic rings. The van der Waals surface area contributed by atoms with Crippen molar-refractivity contribution in [1.82, 2.24) is 20.5 Å². The second-order valence-corrected chi connectivity index (χ2v) is 5.15. The number of nitrogens with one attached hydrogen (secondary N) is 3. The fraction of sp³-hybridized carbons (Fsp3) is 0.143. The molecule has 3 N–H and O–H groups in total. The number of amides is 1. The van der Waals surface area contributed by atoms with Gasteiger partial charge in [-0.05, 0) is 23.6 Å². The van der Waals surface area contributed by atoms with E-state index in [2.05, 4.69) is 20.5 Å². The molecule has 0 bridgehead atoms. The number of hydrogen-bond donors (Lipinski definition) is 3. The van der Waals surface area contributed by atoms with Crippen molar-refractivity contribution < 1.29 is 4.79 Å². The lowest BCUT2D eigenvalue weighted by molar-refractivity contribution is 0.0955. The van der Waals surface area contributed by atoms with Gasteiger partial charge < -0.3 is 10.3 Å². The van der Waals surface area contributed by atoms with E-state index in [0.717, 1.165) is 23.4 Å². The van der Waals surface area contributed by atoms with Crippen molar-refractivity contribution in [3.05, 3.63) is 52.6 Å². The molecule has 0 saturated carbocycles. The average molecular weight is 286 g/mol. The van der Waals surface area contributed by atoms with Crippen LogP contribution in [0, 0.1) is 0 Å². The van der Waals surface area contributed by atoms with Crippen LogP contribution in [0.1, 0.15) is 16.1 Å². The van der Waals surface area contributed by atoms with Crippen molar-refractivity contribution in [2.45, 2.75) is 6.42 Å². The number of thiophene rings is 1. The number of H-pyrrole nitrogens is 2. The van der Waals surface area contributed by atoms with Gasteiger partial charge in [0.1, 0.15) is 0 Å². The normalized spacial score (nSPS) is 10.6. The molecule has 5 nitrogen and oxygen atoms in total. The lowest BCUT2D eigenvalue weighted by Gasteiger charge is -2.04. The maximum Gasteiger partial charge on any atom is 0.255 e. The molecule has 3 aromatic rings. The Kier molecular flexibility index (Phi) is 3.64. The third kappa shape index (κ3) is 2.65. The van der Waals surface area contributed by atoms with Gasteiger partial charge >= 0.3 is 0 Å². The number of carbonyl (C=O) groups is 1. The summed E-state index contributed by atoms with van der Waals surface area (Å²) >= 11 is 1.59. The maximum absolute atomic E-state index is 12.2. The van der Waals surface area contributed by atoms with Gasteiger partial charge in [0.25, 0.3) is 5.91 Å². The molecule has 3 rings (SSSR count). The number of carbonyl (C=O) groups excluding carboxylic acids is 1. The predicted molar refractivity (Wildman–Crippen MR) is 78.7 cm³/mol. The van der Waals surface area contributed by atoms with Crippen LogP contribution < -0.4 is 5.32 Å². The predicted octanol–water partition coefficient (Wildman–Crippen LogP) is 2.44. The Morgan fingerprint density at radius 2 is 2.35 bits per heavy atom. The molecule has 0 aliphatic carbocycles. The Hall–Kier alpha value is -2.34. The van der Waals surface area contributed by atoms with Gasteiger partial charge in [-0.15, -0.1) is 0 Å². The topological polar surface area (TPSA) is 73.6 Å². The van der Waals surface area contributed by atoms with Crippen LogP contribution in [-0.4, -0.2) is 27.6 Å². The largest absolute Gasteiger partial charge is 0.365 e. The Balaban J connectivity index is 1.64. The molecule has 0 aliphatic heterocycles. The zero-order chi connectivity index (χ0) is 13.8. The number of hydrogen-bond acceptors (Lipinski definition) is 3. The molecular formula is C14H14N4OS. The Labute approximate surface area is 120 Å². The molecule has 6 heteroatoms. The number of rotatable bonds is 5. The van der Waals surface area contributed by atoms with Gasteiger partial charge in [-0.25, -0.2) is 0 Å². The molecule has 0 aromatic carbocycles. The summed E-state index contributed by atoms with van der Waals surface area (Å²) in [6.07, 6.45) is 4.23. The zero-order valence-corrected chi connectivity index (χ0v) is 11.5. The van der Waals surface area contributed by atoms with Crippen LogP contribution >= 0.6 is 11.3 Å². The molecule has 102 valence electrons. The summed E-state index contributed by atoms with van der Waals surface area (Å²) in [6, 6.07) is 5.91. The highest BCUT2D eigenvalue weighted by molar-refractivity contribution is 7.08. The summed E-state index contributed by atoms with van der Waals surface area (Å²) in [6.45, 7) is 0.591. The van der Waals surface area contributed by atoms with Gasteiger partial charge in [-0.3, -0.25) is 9.89 Å². The smallest absolute Gasteiger partial charge is 0.255 e. The van der Waals surface area contributed by atoms with E-state index in [-0.39, 0.29) is 5.91 Å². The molecule has 0 unspecified atom stereocenters. The summed E-state index contributed by atoms with van der Waals surface area (Å²) < 4.78 is 0. The highest BCUT2D eigenvalue weighted by Gasteiger charge is 2.14. The summed E-state index contributed by atoms with van der Waals surface area (Å²) in [5, 5.41) is 13.7. The summed E-state index contributed by atoms with van der Waals surface area (Å²) in [5.41, 5.74) is 3.44. The van der Waals surface area contributed by atoms with Crippen molar-refractivity contribution in [1.29, 1.82) is 0 Å². The molecular weight excluding hydrogens is 272 g/mol. The van der Waals surface area contributed by atoms with Gasteiger partial charge in [0.2, 0.25) is 0 Å². The van der Waals surface area contributed by atoms with Gasteiger partial charge in [0.05, 0.1) is 17.5 Å². The van der Waals surface area contributed by atoms with E-state index >= 15 is 0 Å². The van der Waals surface area contributed by atoms with Crippen LogP contribution in [0.4, 0.5) is 0 Å². The first-order valence-electron chi connectivity index (χ1n) is 6.31. The van der Waals surface area contributed by atoms with Crippen molar-refractivity contribution in [3.63, 3.8) is 0 Å². The van der Waals surface area contributed by atoms with E-state index in [0.29, 0.717) is 12.1 Å². The van der Waals surface area contributed by atoms with E-state index in [1.54, 1.807) is 17.5 Å². The molecule has 0 fully saturated rings. The van der Waals surface area contributed by atoms with Crippen LogP contribution in [0.3, 0.4) is 0 Å². The van der Waals surface area contributed by atoms with E-state index < -0.39 is 0 Å². The fourth-order valence-corrected chi connectivity index (χ4v) is 2.66. The Bertz CT molecular complexity index is 670. The summed E-state index contributed by atoms with van der Waals surface area (Å²) in [7, 11) is 0. The van der Waals surface area contributed by atoms with E-state index in [1.807, 2.05) is 35.2 Å². The van der Waals surface area contributed by atoms with E-state index in [1.165, 1.54) is 0 Å². The maximum atomic E-state index is 12.2. The van der Waals surface area contributed by atoms with Crippen molar-refractivity contribution in [2.24, 2.45) is 0 Å². The molecule has 0 radical (unpaired) electrons. The van der Waals surface area contributed by atoms with Gasteiger partial charge in [0.15, 0.2) is 0 Å².